The first-order chi connectivity index (χ1) is 6.60. The maximum absolute atomic E-state index is 10.8. The molecule has 0 fully saturated rings. The Balaban J connectivity index is 3.49. The Morgan fingerprint density at radius 2 is 1.86 bits per heavy atom. The van der Waals surface area contributed by atoms with Crippen molar-refractivity contribution >= 4 is 12.1 Å². The second-order valence-corrected chi connectivity index (χ2v) is 2.72. The lowest BCUT2D eigenvalue weighted by molar-refractivity contribution is -0.153. The molecule has 1 unspecified atom stereocenters. The topological polar surface area (TPSA) is 61.8 Å². The average Bonchev–Trinajstić information content (AvgIpc) is 2.17. The van der Waals surface area contributed by atoms with Crippen LogP contribution in [0.2, 0.25) is 0 Å². The monoisotopic (exact) mass is 204 g/mol. The van der Waals surface area contributed by atoms with Crippen molar-refractivity contribution in [1.29, 1.82) is 0 Å². The largest absolute Gasteiger partial charge is 0.511 e. The Labute approximate surface area is 83.3 Å². The van der Waals surface area contributed by atoms with Gasteiger partial charge in [0.2, 0.25) is 6.79 Å². The lowest BCUT2D eigenvalue weighted by atomic mass is 10.3. The first kappa shape index (κ1) is 12.7. The Morgan fingerprint density at radius 3 is 2.36 bits per heavy atom. The van der Waals surface area contributed by atoms with Gasteiger partial charge in [-0.15, -0.1) is 0 Å². The minimum absolute atomic E-state index is 0.190. The van der Waals surface area contributed by atoms with E-state index in [1.165, 1.54) is 0 Å². The molecule has 0 bridgehead atoms. The molecular weight excluding hydrogens is 188 g/mol. The zero-order valence-electron chi connectivity index (χ0n) is 8.74. The fraction of sp³-hybridized carbons (Fsp3) is 0.778. The summed E-state index contributed by atoms with van der Waals surface area (Å²) < 4.78 is 13.8. The van der Waals surface area contributed by atoms with Gasteiger partial charge in [-0.2, -0.15) is 0 Å². The van der Waals surface area contributed by atoms with Gasteiger partial charge < -0.3 is 14.2 Å². The van der Waals surface area contributed by atoms with Gasteiger partial charge in [-0.05, 0) is 13.3 Å². The number of carbonyl (C=O) groups is 2. The molecule has 0 aliphatic rings. The third kappa shape index (κ3) is 6.28. The second-order valence-electron chi connectivity index (χ2n) is 2.72. The third-order valence-electron chi connectivity index (χ3n) is 1.56. The van der Waals surface area contributed by atoms with E-state index in [4.69, 9.17) is 4.74 Å². The van der Waals surface area contributed by atoms with Crippen LogP contribution in [0.1, 0.15) is 33.6 Å². The number of rotatable bonds is 5. The van der Waals surface area contributed by atoms with Gasteiger partial charge in [0.1, 0.15) is 6.10 Å². The van der Waals surface area contributed by atoms with Crippen molar-refractivity contribution in [3.8, 4) is 0 Å². The van der Waals surface area contributed by atoms with E-state index in [0.29, 0.717) is 6.42 Å². The number of esters is 1. The minimum Gasteiger partial charge on any atom is -0.431 e. The van der Waals surface area contributed by atoms with Crippen LogP contribution in [-0.2, 0) is 19.0 Å². The van der Waals surface area contributed by atoms with Crippen molar-refractivity contribution in [2.24, 2.45) is 0 Å². The Kier molecular flexibility index (Phi) is 6.53. The van der Waals surface area contributed by atoms with Gasteiger partial charge in [-0.1, -0.05) is 13.8 Å². The minimum atomic E-state index is -0.816. The smallest absolute Gasteiger partial charge is 0.431 e. The first-order valence-electron chi connectivity index (χ1n) is 4.59. The number of hydrogen-bond donors (Lipinski definition) is 0. The van der Waals surface area contributed by atoms with E-state index in [1.54, 1.807) is 13.8 Å². The molecule has 0 saturated carbocycles. The summed E-state index contributed by atoms with van der Waals surface area (Å²) in [7, 11) is 0. The van der Waals surface area contributed by atoms with E-state index in [9.17, 15) is 9.59 Å². The van der Waals surface area contributed by atoms with Gasteiger partial charge in [0, 0.05) is 6.42 Å². The van der Waals surface area contributed by atoms with Crippen LogP contribution in [0, 0.1) is 0 Å². The molecule has 5 heteroatoms. The molecule has 0 aliphatic carbocycles. The van der Waals surface area contributed by atoms with Crippen molar-refractivity contribution in [1.82, 2.24) is 0 Å². The van der Waals surface area contributed by atoms with Gasteiger partial charge >= 0.3 is 12.1 Å². The summed E-state index contributed by atoms with van der Waals surface area (Å²) >= 11 is 0. The summed E-state index contributed by atoms with van der Waals surface area (Å²) in [5.74, 6) is -0.415. The summed E-state index contributed by atoms with van der Waals surface area (Å²) in [5, 5.41) is 0. The predicted molar refractivity (Wildman–Crippen MR) is 48.6 cm³/mol. The van der Waals surface area contributed by atoms with Crippen molar-refractivity contribution < 1.29 is 23.8 Å². The maximum atomic E-state index is 10.8. The highest BCUT2D eigenvalue weighted by molar-refractivity contribution is 5.69. The van der Waals surface area contributed by atoms with Gasteiger partial charge in [0.25, 0.3) is 0 Å². The van der Waals surface area contributed by atoms with Crippen LogP contribution in [0.4, 0.5) is 4.79 Å². The van der Waals surface area contributed by atoms with Crippen molar-refractivity contribution in [2.45, 2.75) is 39.7 Å². The molecule has 0 spiro atoms. The van der Waals surface area contributed by atoms with Crippen LogP contribution in [0.15, 0.2) is 0 Å². The molecule has 1 atom stereocenters. The summed E-state index contributed by atoms with van der Waals surface area (Å²) in [6, 6.07) is 0. The highest BCUT2D eigenvalue weighted by Crippen LogP contribution is 1.98. The zero-order chi connectivity index (χ0) is 11.0. The fourth-order valence-corrected chi connectivity index (χ4v) is 0.527. The quantitative estimate of drug-likeness (QED) is 0.505. The van der Waals surface area contributed by atoms with E-state index in [2.05, 4.69) is 9.47 Å². The van der Waals surface area contributed by atoms with Crippen LogP contribution in [0.5, 0.6) is 0 Å². The number of ether oxygens (including phenoxy) is 3. The van der Waals surface area contributed by atoms with Crippen molar-refractivity contribution in [2.75, 3.05) is 6.79 Å². The molecule has 0 aromatic rings. The zero-order valence-corrected chi connectivity index (χ0v) is 8.74. The van der Waals surface area contributed by atoms with E-state index < -0.39 is 12.1 Å². The molecule has 0 rings (SSSR count). The molecule has 0 aromatic carbocycles. The van der Waals surface area contributed by atoms with E-state index in [0.717, 1.165) is 0 Å². The summed E-state index contributed by atoms with van der Waals surface area (Å²) in [5.41, 5.74) is 0. The molecule has 82 valence electrons. The molecule has 0 N–H and O–H groups in total. The van der Waals surface area contributed by atoms with Gasteiger partial charge in [-0.3, -0.25) is 4.79 Å². The number of carbonyl (C=O) groups excluding carboxylic acids is 2. The lowest BCUT2D eigenvalue weighted by Gasteiger charge is -2.10. The van der Waals surface area contributed by atoms with Crippen LogP contribution in [0.3, 0.4) is 0 Å². The lowest BCUT2D eigenvalue weighted by Crippen LogP contribution is -2.17. The number of hydrogen-bond acceptors (Lipinski definition) is 5. The molecule has 0 saturated heterocycles. The van der Waals surface area contributed by atoms with Crippen molar-refractivity contribution in [3.63, 3.8) is 0 Å². The van der Waals surface area contributed by atoms with Crippen LogP contribution in [-0.4, -0.2) is 25.0 Å². The molecule has 0 aromatic heterocycles. The average molecular weight is 204 g/mol. The van der Waals surface area contributed by atoms with E-state index in [1.807, 2.05) is 6.92 Å². The highest BCUT2D eigenvalue weighted by Gasteiger charge is 2.09. The Bertz CT molecular complexity index is 190. The summed E-state index contributed by atoms with van der Waals surface area (Å²) in [6.07, 6.45) is -0.0409. The van der Waals surface area contributed by atoms with Gasteiger partial charge in [0.15, 0.2) is 0 Å². The van der Waals surface area contributed by atoms with Crippen LogP contribution >= 0.6 is 0 Å². The van der Waals surface area contributed by atoms with Gasteiger partial charge in [-0.25, -0.2) is 4.79 Å². The van der Waals surface area contributed by atoms with Crippen molar-refractivity contribution in [3.05, 3.63) is 0 Å². The molecule has 0 radical (unpaired) electrons. The normalized spacial score (nSPS) is 11.6. The molecule has 0 heterocycles. The summed E-state index contributed by atoms with van der Waals surface area (Å²) in [4.78, 5) is 21.5. The molecule has 0 amide bonds. The molecule has 14 heavy (non-hydrogen) atoms. The SMILES string of the molecule is CCC(=O)OCOC(=O)OC(C)CC. The summed E-state index contributed by atoms with van der Waals surface area (Å²) in [6.45, 7) is 4.90. The molecule has 0 aliphatic heterocycles. The highest BCUT2D eigenvalue weighted by atomic mass is 16.8. The van der Waals surface area contributed by atoms with E-state index >= 15 is 0 Å². The maximum Gasteiger partial charge on any atom is 0.511 e. The van der Waals surface area contributed by atoms with E-state index in [-0.39, 0.29) is 19.3 Å². The van der Waals surface area contributed by atoms with Gasteiger partial charge in [0.05, 0.1) is 0 Å². The first-order valence-corrected chi connectivity index (χ1v) is 4.59. The Morgan fingerprint density at radius 1 is 1.21 bits per heavy atom. The standard InChI is InChI=1S/C9H16O5/c1-4-7(3)14-9(11)13-6-12-8(10)5-2/h7H,4-6H2,1-3H3. The predicted octanol–water partition coefficient (Wildman–Crippen LogP) is 1.85. The molecular formula is C9H16O5. The fourth-order valence-electron chi connectivity index (χ4n) is 0.527. The van der Waals surface area contributed by atoms with Crippen LogP contribution in [0.25, 0.3) is 0 Å². The van der Waals surface area contributed by atoms with Crippen LogP contribution < -0.4 is 0 Å². The molecule has 5 nitrogen and oxygen atoms in total. The third-order valence-corrected chi connectivity index (χ3v) is 1.56. The second kappa shape index (κ2) is 7.17. The Hall–Kier alpha value is -1.26.